The van der Waals surface area contributed by atoms with Crippen LogP contribution < -0.4 is 24.3 Å². The fourth-order valence-corrected chi connectivity index (χ4v) is 2.73. The van der Waals surface area contributed by atoms with Crippen LogP contribution in [0, 0.1) is 0 Å². The normalized spacial score (nSPS) is 10.2. The lowest BCUT2D eigenvalue weighted by Crippen LogP contribution is -2.20. The quantitative estimate of drug-likeness (QED) is 0.494. The van der Waals surface area contributed by atoms with Crippen molar-refractivity contribution in [2.24, 2.45) is 0 Å². The van der Waals surface area contributed by atoms with E-state index in [1.54, 1.807) is 24.3 Å². The third kappa shape index (κ3) is 5.91. The topological polar surface area (TPSA) is 66.0 Å². The number of rotatable bonds is 10. The maximum absolute atomic E-state index is 12.4. The van der Waals surface area contributed by atoms with Crippen molar-refractivity contribution in [3.63, 3.8) is 0 Å². The highest BCUT2D eigenvalue weighted by Gasteiger charge is 2.11. The van der Waals surface area contributed by atoms with Gasteiger partial charge in [0.05, 0.1) is 18.9 Å². The molecule has 0 saturated carbocycles. The predicted octanol–water partition coefficient (Wildman–Crippen LogP) is 5.29. The molecular weight excluding hydrogens is 382 g/mol. The molecule has 3 aromatic rings. The second-order valence-corrected chi connectivity index (χ2v) is 6.22. The molecule has 0 atom stereocenters. The summed E-state index contributed by atoms with van der Waals surface area (Å²) in [5, 5.41) is 2.83. The molecule has 0 fully saturated rings. The summed E-state index contributed by atoms with van der Waals surface area (Å²) >= 11 is 0. The first-order chi connectivity index (χ1) is 14.7. The molecule has 0 aliphatic heterocycles. The molecule has 0 aliphatic rings. The van der Waals surface area contributed by atoms with Crippen molar-refractivity contribution in [3.05, 3.63) is 72.8 Å². The van der Waals surface area contributed by atoms with Crippen molar-refractivity contribution in [2.45, 2.75) is 13.8 Å². The molecule has 0 aliphatic carbocycles. The summed E-state index contributed by atoms with van der Waals surface area (Å²) in [7, 11) is 0. The van der Waals surface area contributed by atoms with Gasteiger partial charge in [0.15, 0.2) is 23.9 Å². The molecule has 0 spiro atoms. The second-order valence-electron chi connectivity index (χ2n) is 6.22. The molecule has 0 bridgehead atoms. The lowest BCUT2D eigenvalue weighted by atomic mass is 10.2. The first-order valence-corrected chi connectivity index (χ1v) is 9.83. The average Bonchev–Trinajstić information content (AvgIpc) is 2.76. The lowest BCUT2D eigenvalue weighted by molar-refractivity contribution is -0.118. The van der Waals surface area contributed by atoms with Gasteiger partial charge in [0.25, 0.3) is 5.91 Å². The number of para-hydroxylation sites is 4. The van der Waals surface area contributed by atoms with Gasteiger partial charge in [-0.25, -0.2) is 0 Å². The van der Waals surface area contributed by atoms with Gasteiger partial charge in [-0.05, 0) is 62.4 Å². The van der Waals surface area contributed by atoms with E-state index in [0.29, 0.717) is 41.9 Å². The van der Waals surface area contributed by atoms with Gasteiger partial charge in [0, 0.05) is 0 Å². The van der Waals surface area contributed by atoms with Crippen LogP contribution in [0.1, 0.15) is 13.8 Å². The Morgan fingerprint density at radius 3 is 1.93 bits per heavy atom. The van der Waals surface area contributed by atoms with Crippen LogP contribution in [0.15, 0.2) is 72.8 Å². The standard InChI is InChI=1S/C24H25NO5/c1-3-27-18-13-15-19(16-14-18)30-21-10-6-5-9-20(21)25-24(26)17-29-23-12-8-7-11-22(23)28-4-2/h5-16H,3-4,17H2,1-2H3,(H,25,26). The summed E-state index contributed by atoms with van der Waals surface area (Å²) in [4.78, 5) is 12.4. The van der Waals surface area contributed by atoms with Crippen molar-refractivity contribution < 1.29 is 23.7 Å². The lowest BCUT2D eigenvalue weighted by Gasteiger charge is -2.14. The van der Waals surface area contributed by atoms with E-state index in [9.17, 15) is 4.79 Å². The molecule has 0 heterocycles. The highest BCUT2D eigenvalue weighted by Crippen LogP contribution is 2.30. The van der Waals surface area contributed by atoms with Crippen LogP contribution >= 0.6 is 0 Å². The summed E-state index contributed by atoms with van der Waals surface area (Å²) in [6.45, 7) is 4.80. The predicted molar refractivity (Wildman–Crippen MR) is 116 cm³/mol. The summed E-state index contributed by atoms with van der Waals surface area (Å²) in [6, 6.07) is 21.8. The molecule has 1 amide bonds. The Morgan fingerprint density at radius 2 is 1.27 bits per heavy atom. The van der Waals surface area contributed by atoms with E-state index in [-0.39, 0.29) is 12.5 Å². The van der Waals surface area contributed by atoms with Crippen LogP contribution in [0.2, 0.25) is 0 Å². The van der Waals surface area contributed by atoms with Gasteiger partial charge in [0.1, 0.15) is 11.5 Å². The maximum Gasteiger partial charge on any atom is 0.262 e. The minimum Gasteiger partial charge on any atom is -0.494 e. The van der Waals surface area contributed by atoms with Crippen molar-refractivity contribution in [1.82, 2.24) is 0 Å². The Morgan fingerprint density at radius 1 is 0.700 bits per heavy atom. The van der Waals surface area contributed by atoms with Gasteiger partial charge in [-0.2, -0.15) is 0 Å². The minimum absolute atomic E-state index is 0.151. The van der Waals surface area contributed by atoms with Gasteiger partial charge in [-0.15, -0.1) is 0 Å². The number of carbonyl (C=O) groups excluding carboxylic acids is 1. The molecule has 6 nitrogen and oxygen atoms in total. The van der Waals surface area contributed by atoms with E-state index in [2.05, 4.69) is 5.32 Å². The van der Waals surface area contributed by atoms with Gasteiger partial charge in [-0.1, -0.05) is 24.3 Å². The van der Waals surface area contributed by atoms with Gasteiger partial charge >= 0.3 is 0 Å². The molecule has 3 aromatic carbocycles. The number of benzene rings is 3. The SMILES string of the molecule is CCOc1ccc(Oc2ccccc2NC(=O)COc2ccccc2OCC)cc1. The molecule has 6 heteroatoms. The van der Waals surface area contributed by atoms with Crippen molar-refractivity contribution in [1.29, 1.82) is 0 Å². The molecule has 1 N–H and O–H groups in total. The first-order valence-electron chi connectivity index (χ1n) is 9.83. The fourth-order valence-electron chi connectivity index (χ4n) is 2.73. The van der Waals surface area contributed by atoms with Crippen LogP contribution in [0.5, 0.6) is 28.7 Å². The summed E-state index contributed by atoms with van der Waals surface area (Å²) < 4.78 is 22.5. The molecule has 0 unspecified atom stereocenters. The van der Waals surface area contributed by atoms with Gasteiger partial charge in [0.2, 0.25) is 0 Å². The Balaban J connectivity index is 1.62. The van der Waals surface area contributed by atoms with Crippen LogP contribution in [0.3, 0.4) is 0 Å². The molecule has 156 valence electrons. The number of amides is 1. The number of hydrogen-bond donors (Lipinski definition) is 1. The monoisotopic (exact) mass is 407 g/mol. The second kappa shape index (κ2) is 10.8. The summed E-state index contributed by atoms with van der Waals surface area (Å²) in [6.07, 6.45) is 0. The zero-order chi connectivity index (χ0) is 21.2. The third-order valence-electron chi connectivity index (χ3n) is 4.03. The fraction of sp³-hybridized carbons (Fsp3) is 0.208. The molecule has 0 saturated heterocycles. The molecular formula is C24H25NO5. The zero-order valence-corrected chi connectivity index (χ0v) is 17.1. The van der Waals surface area contributed by atoms with Crippen molar-refractivity contribution in [2.75, 3.05) is 25.1 Å². The number of nitrogens with one attached hydrogen (secondary N) is 1. The summed E-state index contributed by atoms with van der Waals surface area (Å²) in [5.74, 6) is 2.77. The third-order valence-corrected chi connectivity index (χ3v) is 4.03. The van der Waals surface area contributed by atoms with Crippen LogP contribution in [0.4, 0.5) is 5.69 Å². The molecule has 0 aromatic heterocycles. The number of carbonyl (C=O) groups is 1. The van der Waals surface area contributed by atoms with E-state index < -0.39 is 0 Å². The maximum atomic E-state index is 12.4. The Hall–Kier alpha value is -3.67. The number of ether oxygens (including phenoxy) is 4. The molecule has 30 heavy (non-hydrogen) atoms. The highest BCUT2D eigenvalue weighted by atomic mass is 16.5. The Bertz CT molecular complexity index is 956. The van der Waals surface area contributed by atoms with Crippen LogP contribution in [-0.4, -0.2) is 25.7 Å². The first kappa shape index (κ1) is 21.0. The van der Waals surface area contributed by atoms with Crippen LogP contribution in [0.25, 0.3) is 0 Å². The van der Waals surface area contributed by atoms with Gasteiger partial charge in [-0.3, -0.25) is 4.79 Å². The van der Waals surface area contributed by atoms with Crippen molar-refractivity contribution in [3.8, 4) is 28.7 Å². The molecule has 3 rings (SSSR count). The number of anilines is 1. The summed E-state index contributed by atoms with van der Waals surface area (Å²) in [5.41, 5.74) is 0.554. The zero-order valence-electron chi connectivity index (χ0n) is 17.1. The largest absolute Gasteiger partial charge is 0.494 e. The number of hydrogen-bond acceptors (Lipinski definition) is 5. The van der Waals surface area contributed by atoms with E-state index in [1.165, 1.54) is 0 Å². The Kier molecular flexibility index (Phi) is 7.55. The highest BCUT2D eigenvalue weighted by molar-refractivity contribution is 5.93. The van der Waals surface area contributed by atoms with E-state index in [1.807, 2.05) is 62.4 Å². The van der Waals surface area contributed by atoms with Crippen molar-refractivity contribution >= 4 is 11.6 Å². The van der Waals surface area contributed by atoms with Crippen LogP contribution in [-0.2, 0) is 4.79 Å². The van der Waals surface area contributed by atoms with E-state index in [0.717, 1.165) is 5.75 Å². The van der Waals surface area contributed by atoms with Gasteiger partial charge < -0.3 is 24.3 Å². The Labute approximate surface area is 176 Å². The molecule has 0 radical (unpaired) electrons. The average molecular weight is 407 g/mol. The minimum atomic E-state index is -0.302. The van der Waals surface area contributed by atoms with E-state index >= 15 is 0 Å². The smallest absolute Gasteiger partial charge is 0.262 e. The van der Waals surface area contributed by atoms with E-state index in [4.69, 9.17) is 18.9 Å².